The highest BCUT2D eigenvalue weighted by Crippen LogP contribution is 2.40. The van der Waals surface area contributed by atoms with E-state index in [2.05, 4.69) is 28.2 Å². The summed E-state index contributed by atoms with van der Waals surface area (Å²) in [7, 11) is 0. The van der Waals surface area contributed by atoms with Gasteiger partial charge in [0.2, 0.25) is 0 Å². The molecule has 0 fully saturated rings. The Morgan fingerprint density at radius 3 is 2.68 bits per heavy atom. The van der Waals surface area contributed by atoms with Gasteiger partial charge >= 0.3 is 0 Å². The van der Waals surface area contributed by atoms with Crippen molar-refractivity contribution in [2.75, 3.05) is 5.32 Å². The van der Waals surface area contributed by atoms with Gasteiger partial charge in [0.25, 0.3) is 11.8 Å². The Morgan fingerprint density at radius 1 is 1.18 bits per heavy atom. The molecule has 3 N–H and O–H groups in total. The predicted molar refractivity (Wildman–Crippen MR) is 141 cm³/mol. The maximum absolute atomic E-state index is 13.6. The standard InChI is InChI=1S/C27H24BrN3O2S/c1-2-15-7-12-19-23(13-15)34-27(24(19)25(29)32)31-26(33)20-14-22(16-8-10-17(28)11-9-16)30-21-6-4-3-5-18(20)21/h3-6,8-11,14-15H,2,7,12-13H2,1H3,(H2,29,32)(H,31,33)/t15-/m1/s1. The number of aromatic nitrogens is 1. The fourth-order valence-corrected chi connectivity index (χ4v) is 6.28. The molecule has 2 heterocycles. The molecule has 7 heteroatoms. The molecular weight excluding hydrogens is 510 g/mol. The summed E-state index contributed by atoms with van der Waals surface area (Å²) in [4.78, 5) is 31.9. The number of hydrogen-bond acceptors (Lipinski definition) is 4. The molecule has 4 aromatic rings. The summed E-state index contributed by atoms with van der Waals surface area (Å²) in [5.74, 6) is -0.156. The van der Waals surface area contributed by atoms with Crippen molar-refractivity contribution in [2.24, 2.45) is 11.7 Å². The van der Waals surface area contributed by atoms with Crippen LogP contribution in [0.15, 0.2) is 59.1 Å². The number of anilines is 1. The molecule has 2 aromatic carbocycles. The Hall–Kier alpha value is -3.03. The van der Waals surface area contributed by atoms with E-state index in [0.717, 1.165) is 57.1 Å². The number of para-hydroxylation sites is 1. The van der Waals surface area contributed by atoms with E-state index in [1.165, 1.54) is 11.3 Å². The highest BCUT2D eigenvalue weighted by atomic mass is 79.9. The Morgan fingerprint density at radius 2 is 1.94 bits per heavy atom. The summed E-state index contributed by atoms with van der Waals surface area (Å²) in [6.45, 7) is 2.19. The third kappa shape index (κ3) is 4.26. The molecule has 34 heavy (non-hydrogen) atoms. The van der Waals surface area contributed by atoms with Crippen LogP contribution in [0.3, 0.4) is 0 Å². The quantitative estimate of drug-likeness (QED) is 0.303. The fraction of sp³-hybridized carbons (Fsp3) is 0.222. The van der Waals surface area contributed by atoms with Crippen LogP contribution in [0.25, 0.3) is 22.2 Å². The fourth-order valence-electron chi connectivity index (χ4n) is 4.65. The number of thiophene rings is 1. The number of amides is 2. The third-order valence-electron chi connectivity index (χ3n) is 6.52. The van der Waals surface area contributed by atoms with Crippen molar-refractivity contribution in [3.63, 3.8) is 0 Å². The lowest BCUT2D eigenvalue weighted by atomic mass is 9.85. The van der Waals surface area contributed by atoms with Gasteiger partial charge in [0.1, 0.15) is 5.00 Å². The van der Waals surface area contributed by atoms with Gasteiger partial charge in [0.15, 0.2) is 0 Å². The van der Waals surface area contributed by atoms with Crippen molar-refractivity contribution >= 4 is 55.0 Å². The number of rotatable bonds is 5. The topological polar surface area (TPSA) is 85.1 Å². The van der Waals surface area contributed by atoms with E-state index in [9.17, 15) is 9.59 Å². The van der Waals surface area contributed by atoms with Crippen LogP contribution in [-0.2, 0) is 12.8 Å². The number of hydrogen-bond donors (Lipinski definition) is 2. The maximum atomic E-state index is 13.6. The summed E-state index contributed by atoms with van der Waals surface area (Å²) < 4.78 is 0.973. The van der Waals surface area contributed by atoms with Crippen LogP contribution in [0.1, 0.15) is 50.9 Å². The van der Waals surface area contributed by atoms with Crippen molar-refractivity contribution in [1.29, 1.82) is 0 Å². The van der Waals surface area contributed by atoms with E-state index < -0.39 is 5.91 Å². The minimum atomic E-state index is -0.488. The Bertz CT molecular complexity index is 1410. The van der Waals surface area contributed by atoms with Crippen LogP contribution >= 0.6 is 27.3 Å². The molecule has 0 radical (unpaired) electrons. The predicted octanol–water partition coefficient (Wildman–Crippen LogP) is 6.59. The number of pyridine rings is 1. The summed E-state index contributed by atoms with van der Waals surface area (Å²) >= 11 is 4.95. The zero-order valence-corrected chi connectivity index (χ0v) is 21.1. The normalized spacial score (nSPS) is 15.2. The Kier molecular flexibility index (Phi) is 6.23. The zero-order chi connectivity index (χ0) is 23.8. The van der Waals surface area contributed by atoms with Gasteiger partial charge in [-0.3, -0.25) is 9.59 Å². The van der Waals surface area contributed by atoms with Crippen molar-refractivity contribution in [3.05, 3.63) is 80.6 Å². The lowest BCUT2D eigenvalue weighted by Crippen LogP contribution is -2.20. The monoisotopic (exact) mass is 533 g/mol. The highest BCUT2D eigenvalue weighted by Gasteiger charge is 2.28. The summed E-state index contributed by atoms with van der Waals surface area (Å²) in [6, 6.07) is 17.2. The number of carbonyl (C=O) groups excluding carboxylic acids is 2. The molecule has 1 aliphatic carbocycles. The first-order valence-corrected chi connectivity index (χ1v) is 13.0. The minimum absolute atomic E-state index is 0.273. The Balaban J connectivity index is 1.56. The van der Waals surface area contributed by atoms with Gasteiger partial charge in [0.05, 0.1) is 22.3 Å². The van der Waals surface area contributed by atoms with Crippen LogP contribution in [0.4, 0.5) is 5.00 Å². The molecule has 2 aromatic heterocycles. The average Bonchev–Trinajstić information content (AvgIpc) is 3.20. The molecule has 2 amide bonds. The van der Waals surface area contributed by atoms with Gasteiger partial charge in [-0.1, -0.05) is 59.6 Å². The van der Waals surface area contributed by atoms with Crippen molar-refractivity contribution in [2.45, 2.75) is 32.6 Å². The highest BCUT2D eigenvalue weighted by molar-refractivity contribution is 9.10. The van der Waals surface area contributed by atoms with Gasteiger partial charge < -0.3 is 11.1 Å². The van der Waals surface area contributed by atoms with E-state index in [4.69, 9.17) is 10.7 Å². The molecule has 0 spiro atoms. The number of nitrogens with two attached hydrogens (primary N) is 1. The summed E-state index contributed by atoms with van der Waals surface area (Å²) in [6.07, 6.45) is 3.90. The molecule has 0 saturated carbocycles. The molecule has 1 atom stereocenters. The number of primary amides is 1. The van der Waals surface area contributed by atoms with Gasteiger partial charge in [-0.15, -0.1) is 11.3 Å². The van der Waals surface area contributed by atoms with E-state index >= 15 is 0 Å². The molecule has 0 aliphatic heterocycles. The van der Waals surface area contributed by atoms with Gasteiger partial charge in [0, 0.05) is 20.3 Å². The molecule has 0 unspecified atom stereocenters. The van der Waals surface area contributed by atoms with Gasteiger partial charge in [-0.25, -0.2) is 4.98 Å². The molecule has 0 saturated heterocycles. The van der Waals surface area contributed by atoms with Crippen molar-refractivity contribution in [1.82, 2.24) is 4.98 Å². The van der Waals surface area contributed by atoms with E-state index in [-0.39, 0.29) is 5.91 Å². The SMILES string of the molecule is CC[C@@H]1CCc2c(sc(NC(=O)c3cc(-c4ccc(Br)cc4)nc4ccccc34)c2C(N)=O)C1. The van der Waals surface area contributed by atoms with E-state index in [1.807, 2.05) is 54.6 Å². The maximum Gasteiger partial charge on any atom is 0.257 e. The zero-order valence-electron chi connectivity index (χ0n) is 18.7. The van der Waals surface area contributed by atoms with Gasteiger partial charge in [-0.2, -0.15) is 0 Å². The van der Waals surface area contributed by atoms with Crippen LogP contribution < -0.4 is 11.1 Å². The first kappa shape index (κ1) is 22.7. The van der Waals surface area contributed by atoms with Crippen LogP contribution in [0.2, 0.25) is 0 Å². The first-order valence-electron chi connectivity index (χ1n) is 11.4. The second-order valence-electron chi connectivity index (χ2n) is 8.62. The smallest absolute Gasteiger partial charge is 0.257 e. The Labute approximate surface area is 210 Å². The number of fused-ring (bicyclic) bond motifs is 2. The van der Waals surface area contributed by atoms with E-state index in [1.54, 1.807) is 0 Å². The number of nitrogens with zero attached hydrogens (tertiary/aromatic N) is 1. The van der Waals surface area contributed by atoms with Crippen molar-refractivity contribution < 1.29 is 9.59 Å². The average molecular weight is 534 g/mol. The largest absolute Gasteiger partial charge is 0.365 e. The number of nitrogens with one attached hydrogen (secondary N) is 1. The molecule has 1 aliphatic rings. The minimum Gasteiger partial charge on any atom is -0.365 e. The lowest BCUT2D eigenvalue weighted by Gasteiger charge is -2.20. The molecule has 5 rings (SSSR count). The van der Waals surface area contributed by atoms with Crippen LogP contribution in [0, 0.1) is 5.92 Å². The number of benzene rings is 2. The van der Waals surface area contributed by atoms with Crippen LogP contribution in [0.5, 0.6) is 0 Å². The molecule has 5 nitrogen and oxygen atoms in total. The van der Waals surface area contributed by atoms with E-state index in [0.29, 0.717) is 27.7 Å². The molecular formula is C27H24BrN3O2S. The summed E-state index contributed by atoms with van der Waals surface area (Å²) in [5, 5.41) is 4.33. The number of carbonyl (C=O) groups is 2. The van der Waals surface area contributed by atoms with Crippen molar-refractivity contribution in [3.8, 4) is 11.3 Å². The number of halogens is 1. The summed E-state index contributed by atoms with van der Waals surface area (Å²) in [5.41, 5.74) is 10.1. The van der Waals surface area contributed by atoms with Gasteiger partial charge in [-0.05, 0) is 55.0 Å². The second-order valence-corrected chi connectivity index (χ2v) is 10.6. The molecule has 0 bridgehead atoms. The lowest BCUT2D eigenvalue weighted by molar-refractivity contribution is 0.1000. The third-order valence-corrected chi connectivity index (χ3v) is 8.22. The first-order chi connectivity index (χ1) is 16.4. The molecule has 172 valence electrons. The second kappa shape index (κ2) is 9.31. The van der Waals surface area contributed by atoms with Crippen LogP contribution in [-0.4, -0.2) is 16.8 Å².